The lowest BCUT2D eigenvalue weighted by atomic mass is 10.1. The first kappa shape index (κ1) is 10.7. The molecule has 0 spiro atoms. The molecular formula is C12H14N2O2. The molecule has 0 unspecified atom stereocenters. The average molecular weight is 218 g/mol. The second-order valence-corrected chi connectivity index (χ2v) is 3.71. The summed E-state index contributed by atoms with van der Waals surface area (Å²) in [5, 5.41) is 8.88. The van der Waals surface area contributed by atoms with Crippen LogP contribution < -0.4 is 5.69 Å². The molecule has 2 rings (SSSR count). The number of aliphatic hydroxyl groups is 1. The van der Waals surface area contributed by atoms with Gasteiger partial charge >= 0.3 is 5.69 Å². The molecule has 1 aromatic heterocycles. The lowest BCUT2D eigenvalue weighted by Gasteiger charge is -2.06. The summed E-state index contributed by atoms with van der Waals surface area (Å²) in [6, 6.07) is 7.62. The Morgan fingerprint density at radius 2 is 2.25 bits per heavy atom. The molecule has 0 aliphatic carbocycles. The molecule has 0 saturated carbocycles. The first-order valence-corrected chi connectivity index (χ1v) is 5.19. The van der Waals surface area contributed by atoms with Gasteiger partial charge in [-0.25, -0.2) is 4.79 Å². The van der Waals surface area contributed by atoms with Gasteiger partial charge in [0.05, 0.1) is 5.69 Å². The standard InChI is InChI=1S/C12H14N2O2/c1-9-8-13-12(16)14(9)11-4-2-3-10(7-11)5-6-15/h2-4,7-8,15H,5-6H2,1H3,(H,13,16). The van der Waals surface area contributed by atoms with Gasteiger partial charge in [-0.05, 0) is 31.0 Å². The summed E-state index contributed by atoms with van der Waals surface area (Å²) in [6.07, 6.45) is 2.28. The first-order valence-electron chi connectivity index (χ1n) is 5.19. The molecule has 4 nitrogen and oxygen atoms in total. The van der Waals surface area contributed by atoms with Crippen molar-refractivity contribution >= 4 is 0 Å². The number of nitrogens with zero attached hydrogens (tertiary/aromatic N) is 1. The molecule has 0 radical (unpaired) electrons. The average Bonchev–Trinajstić information content (AvgIpc) is 2.59. The number of aliphatic hydroxyl groups excluding tert-OH is 1. The van der Waals surface area contributed by atoms with E-state index in [1.807, 2.05) is 31.2 Å². The van der Waals surface area contributed by atoms with Gasteiger partial charge < -0.3 is 10.1 Å². The maximum atomic E-state index is 11.6. The van der Waals surface area contributed by atoms with Crippen LogP contribution >= 0.6 is 0 Å². The maximum absolute atomic E-state index is 11.6. The fraction of sp³-hybridized carbons (Fsp3) is 0.250. The molecule has 0 bridgehead atoms. The van der Waals surface area contributed by atoms with Crippen LogP contribution in [0.4, 0.5) is 0 Å². The number of hydrogen-bond acceptors (Lipinski definition) is 2. The topological polar surface area (TPSA) is 58.0 Å². The van der Waals surface area contributed by atoms with E-state index >= 15 is 0 Å². The van der Waals surface area contributed by atoms with Crippen LogP contribution in [-0.4, -0.2) is 21.3 Å². The minimum atomic E-state index is -0.140. The molecule has 0 fully saturated rings. The van der Waals surface area contributed by atoms with Gasteiger partial charge in [0.1, 0.15) is 0 Å². The van der Waals surface area contributed by atoms with Crippen LogP contribution in [0.5, 0.6) is 0 Å². The Bertz CT molecular complexity index is 540. The SMILES string of the molecule is Cc1c[nH]c(=O)n1-c1cccc(CCO)c1. The maximum Gasteiger partial charge on any atom is 0.330 e. The number of benzene rings is 1. The Kier molecular flexibility index (Phi) is 2.92. The molecule has 0 amide bonds. The van der Waals surface area contributed by atoms with Crippen molar-refractivity contribution in [2.24, 2.45) is 0 Å². The molecule has 0 aliphatic rings. The van der Waals surface area contributed by atoms with Gasteiger partial charge in [0.2, 0.25) is 0 Å². The van der Waals surface area contributed by atoms with Gasteiger partial charge in [-0.2, -0.15) is 0 Å². The number of H-pyrrole nitrogens is 1. The van der Waals surface area contributed by atoms with Crippen molar-refractivity contribution in [3.63, 3.8) is 0 Å². The number of nitrogens with one attached hydrogen (secondary N) is 1. The molecular weight excluding hydrogens is 204 g/mol. The summed E-state index contributed by atoms with van der Waals surface area (Å²) in [7, 11) is 0. The fourth-order valence-electron chi connectivity index (χ4n) is 1.76. The Balaban J connectivity index is 2.48. The Labute approximate surface area is 93.2 Å². The van der Waals surface area contributed by atoms with E-state index in [4.69, 9.17) is 5.11 Å². The molecule has 4 heteroatoms. The van der Waals surface area contributed by atoms with Gasteiger partial charge in [0, 0.05) is 18.5 Å². The van der Waals surface area contributed by atoms with E-state index < -0.39 is 0 Å². The first-order chi connectivity index (χ1) is 7.72. The van der Waals surface area contributed by atoms with Crippen molar-refractivity contribution in [1.29, 1.82) is 0 Å². The summed E-state index contributed by atoms with van der Waals surface area (Å²) < 4.78 is 1.61. The highest BCUT2D eigenvalue weighted by Crippen LogP contribution is 2.11. The predicted molar refractivity (Wildman–Crippen MR) is 61.9 cm³/mol. The van der Waals surface area contributed by atoms with E-state index in [1.165, 1.54) is 0 Å². The van der Waals surface area contributed by atoms with Gasteiger partial charge in [0.25, 0.3) is 0 Å². The zero-order chi connectivity index (χ0) is 11.5. The number of aryl methyl sites for hydroxylation is 1. The second-order valence-electron chi connectivity index (χ2n) is 3.71. The van der Waals surface area contributed by atoms with Crippen LogP contribution in [0.25, 0.3) is 5.69 Å². The summed E-state index contributed by atoms with van der Waals surface area (Å²) in [6.45, 7) is 1.99. The van der Waals surface area contributed by atoms with Crippen LogP contribution in [0, 0.1) is 6.92 Å². The minimum Gasteiger partial charge on any atom is -0.396 e. The lowest BCUT2D eigenvalue weighted by molar-refractivity contribution is 0.299. The van der Waals surface area contributed by atoms with Crippen LogP contribution in [0.1, 0.15) is 11.3 Å². The molecule has 0 saturated heterocycles. The van der Waals surface area contributed by atoms with Gasteiger partial charge in [0.15, 0.2) is 0 Å². The van der Waals surface area contributed by atoms with Crippen molar-refractivity contribution in [2.45, 2.75) is 13.3 Å². The van der Waals surface area contributed by atoms with E-state index in [1.54, 1.807) is 10.8 Å². The largest absolute Gasteiger partial charge is 0.396 e. The van der Waals surface area contributed by atoms with Crippen molar-refractivity contribution in [1.82, 2.24) is 9.55 Å². The third-order valence-corrected chi connectivity index (χ3v) is 2.53. The predicted octanol–water partition coefficient (Wildman–Crippen LogP) is 1.01. The van der Waals surface area contributed by atoms with Gasteiger partial charge in [-0.3, -0.25) is 4.57 Å². The molecule has 2 N–H and O–H groups in total. The Morgan fingerprint density at radius 1 is 1.44 bits per heavy atom. The summed E-state index contributed by atoms with van der Waals surface area (Å²) in [5.74, 6) is 0. The highest BCUT2D eigenvalue weighted by atomic mass is 16.2. The Hall–Kier alpha value is -1.81. The molecule has 1 heterocycles. The van der Waals surface area contributed by atoms with E-state index in [9.17, 15) is 4.79 Å². The summed E-state index contributed by atoms with van der Waals surface area (Å²) >= 11 is 0. The number of rotatable bonds is 3. The third kappa shape index (κ3) is 1.92. The van der Waals surface area contributed by atoms with E-state index in [2.05, 4.69) is 4.98 Å². The summed E-state index contributed by atoms with van der Waals surface area (Å²) in [4.78, 5) is 14.2. The molecule has 0 aliphatic heterocycles. The smallest absolute Gasteiger partial charge is 0.330 e. The van der Waals surface area contributed by atoms with Crippen LogP contribution in [0.3, 0.4) is 0 Å². The third-order valence-electron chi connectivity index (χ3n) is 2.53. The summed E-state index contributed by atoms with van der Waals surface area (Å²) in [5.41, 5.74) is 2.58. The van der Waals surface area contributed by atoms with Gasteiger partial charge in [-0.15, -0.1) is 0 Å². The van der Waals surface area contributed by atoms with Crippen molar-refractivity contribution < 1.29 is 5.11 Å². The number of aromatic nitrogens is 2. The molecule has 16 heavy (non-hydrogen) atoms. The number of imidazole rings is 1. The Morgan fingerprint density at radius 3 is 2.88 bits per heavy atom. The molecule has 2 aromatic rings. The molecule has 84 valence electrons. The molecule has 0 atom stereocenters. The monoisotopic (exact) mass is 218 g/mol. The quantitative estimate of drug-likeness (QED) is 0.807. The highest BCUT2D eigenvalue weighted by Gasteiger charge is 2.04. The zero-order valence-corrected chi connectivity index (χ0v) is 9.10. The van der Waals surface area contributed by atoms with E-state index in [0.29, 0.717) is 6.42 Å². The number of aromatic amines is 1. The zero-order valence-electron chi connectivity index (χ0n) is 9.10. The van der Waals surface area contributed by atoms with Crippen molar-refractivity contribution in [3.05, 3.63) is 52.2 Å². The van der Waals surface area contributed by atoms with E-state index in [0.717, 1.165) is 16.9 Å². The van der Waals surface area contributed by atoms with Crippen molar-refractivity contribution in [3.8, 4) is 5.69 Å². The van der Waals surface area contributed by atoms with Crippen LogP contribution in [-0.2, 0) is 6.42 Å². The van der Waals surface area contributed by atoms with Gasteiger partial charge in [-0.1, -0.05) is 12.1 Å². The number of hydrogen-bond donors (Lipinski definition) is 2. The minimum absolute atomic E-state index is 0.116. The normalized spacial score (nSPS) is 10.6. The van der Waals surface area contributed by atoms with E-state index in [-0.39, 0.29) is 12.3 Å². The highest BCUT2D eigenvalue weighted by molar-refractivity contribution is 5.37. The van der Waals surface area contributed by atoms with Crippen LogP contribution in [0.2, 0.25) is 0 Å². The second kappa shape index (κ2) is 4.37. The van der Waals surface area contributed by atoms with Crippen LogP contribution in [0.15, 0.2) is 35.3 Å². The van der Waals surface area contributed by atoms with Crippen molar-refractivity contribution in [2.75, 3.05) is 6.61 Å². The lowest BCUT2D eigenvalue weighted by Crippen LogP contribution is -2.16. The molecule has 1 aromatic carbocycles. The fourth-order valence-corrected chi connectivity index (χ4v) is 1.76.